The first-order chi connectivity index (χ1) is 12.9. The normalized spacial score (nSPS) is 12.2. The molecule has 1 atom stereocenters. The number of nitrogens with one attached hydrogen (secondary N) is 2. The fourth-order valence-corrected chi connectivity index (χ4v) is 2.90. The number of hydrogen-bond donors (Lipinski definition) is 2. The van der Waals surface area contributed by atoms with Crippen LogP contribution >= 0.6 is 0 Å². The zero-order valence-electron chi connectivity index (χ0n) is 16.5. The monoisotopic (exact) mass is 371 g/mol. The number of carbonyl (C=O) groups is 2. The molecule has 1 aromatic heterocycles. The van der Waals surface area contributed by atoms with E-state index in [1.165, 1.54) is 0 Å². The lowest BCUT2D eigenvalue weighted by Gasteiger charge is -2.25. The third-order valence-corrected chi connectivity index (χ3v) is 4.41. The summed E-state index contributed by atoms with van der Waals surface area (Å²) in [5, 5.41) is 5.66. The van der Waals surface area contributed by atoms with Crippen LogP contribution in [0.4, 0.5) is 5.69 Å². The summed E-state index contributed by atoms with van der Waals surface area (Å²) >= 11 is 0. The Morgan fingerprint density at radius 2 is 1.85 bits per heavy atom. The van der Waals surface area contributed by atoms with E-state index < -0.39 is 0 Å². The Balaban J connectivity index is 1.96. The van der Waals surface area contributed by atoms with E-state index in [2.05, 4.69) is 31.4 Å². The predicted octanol–water partition coefficient (Wildman–Crippen LogP) is 3.51. The second kappa shape index (κ2) is 9.92. The molecular weight excluding hydrogens is 342 g/mol. The molecule has 146 valence electrons. The summed E-state index contributed by atoms with van der Waals surface area (Å²) in [6.07, 6.45) is 2.59. The number of para-hydroxylation sites is 1. The summed E-state index contributed by atoms with van der Waals surface area (Å²) in [7, 11) is 1.94. The maximum absolute atomic E-state index is 12.5. The van der Waals surface area contributed by atoms with Crippen molar-refractivity contribution in [1.82, 2.24) is 10.2 Å². The summed E-state index contributed by atoms with van der Waals surface area (Å²) in [5.41, 5.74) is 0.930. The van der Waals surface area contributed by atoms with Gasteiger partial charge >= 0.3 is 0 Å². The van der Waals surface area contributed by atoms with Gasteiger partial charge in [0.05, 0.1) is 30.6 Å². The number of furan rings is 1. The Bertz CT molecular complexity index is 741. The van der Waals surface area contributed by atoms with Gasteiger partial charge in [-0.2, -0.15) is 0 Å². The van der Waals surface area contributed by atoms with Gasteiger partial charge in [-0.15, -0.1) is 0 Å². The minimum Gasteiger partial charge on any atom is -0.467 e. The van der Waals surface area contributed by atoms with Crippen LogP contribution in [0.2, 0.25) is 0 Å². The number of likely N-dealkylation sites (N-methyl/N-ethyl adjacent to an activating group) is 1. The molecule has 0 saturated carbocycles. The number of nitrogens with zero attached hydrogens (tertiary/aromatic N) is 1. The molecule has 27 heavy (non-hydrogen) atoms. The van der Waals surface area contributed by atoms with Gasteiger partial charge < -0.3 is 15.1 Å². The second-order valence-electron chi connectivity index (χ2n) is 7.25. The van der Waals surface area contributed by atoms with Crippen molar-refractivity contribution in [3.63, 3.8) is 0 Å². The zero-order chi connectivity index (χ0) is 19.8. The van der Waals surface area contributed by atoms with E-state index >= 15 is 0 Å². The molecule has 0 saturated heterocycles. The fourth-order valence-electron chi connectivity index (χ4n) is 2.90. The first-order valence-electron chi connectivity index (χ1n) is 9.26. The van der Waals surface area contributed by atoms with Crippen molar-refractivity contribution in [1.29, 1.82) is 0 Å². The molecule has 0 aliphatic carbocycles. The molecule has 2 aromatic rings. The number of carbonyl (C=O) groups excluding carboxylic acids is 2. The first kappa shape index (κ1) is 20.7. The van der Waals surface area contributed by atoms with Crippen molar-refractivity contribution >= 4 is 17.5 Å². The summed E-state index contributed by atoms with van der Waals surface area (Å²) in [5.74, 6) is 0.845. The van der Waals surface area contributed by atoms with Gasteiger partial charge in [-0.25, -0.2) is 0 Å². The van der Waals surface area contributed by atoms with E-state index in [0.717, 1.165) is 6.42 Å². The molecule has 0 radical (unpaired) electrons. The number of hydrogen-bond acceptors (Lipinski definition) is 4. The standard InChI is InChI=1S/C21H29N3O3/c1-15(2)12-16(3)24(4)14-20(25)23-19-10-6-5-9-18(19)21(26)22-13-17-8-7-11-27-17/h5-11,15-16H,12-14H2,1-4H3,(H,22,26)(H,23,25). The quantitative estimate of drug-likeness (QED) is 0.707. The molecule has 2 N–H and O–H groups in total. The third-order valence-electron chi connectivity index (χ3n) is 4.41. The second-order valence-corrected chi connectivity index (χ2v) is 7.25. The first-order valence-corrected chi connectivity index (χ1v) is 9.26. The number of rotatable bonds is 9. The van der Waals surface area contributed by atoms with Crippen LogP contribution < -0.4 is 10.6 Å². The lowest BCUT2D eigenvalue weighted by molar-refractivity contribution is -0.117. The van der Waals surface area contributed by atoms with E-state index in [1.54, 1.807) is 42.7 Å². The lowest BCUT2D eigenvalue weighted by atomic mass is 10.0. The van der Waals surface area contributed by atoms with Crippen LogP contribution in [0.3, 0.4) is 0 Å². The molecule has 0 bridgehead atoms. The van der Waals surface area contributed by atoms with Crippen LogP contribution in [0.15, 0.2) is 47.1 Å². The molecule has 2 rings (SSSR count). The molecule has 1 heterocycles. The van der Waals surface area contributed by atoms with Gasteiger partial charge in [-0.1, -0.05) is 26.0 Å². The van der Waals surface area contributed by atoms with Crippen molar-refractivity contribution in [3.05, 3.63) is 54.0 Å². The number of anilines is 1. The van der Waals surface area contributed by atoms with E-state index in [0.29, 0.717) is 35.5 Å². The Hall–Kier alpha value is -2.60. The zero-order valence-corrected chi connectivity index (χ0v) is 16.5. The van der Waals surface area contributed by atoms with Gasteiger partial charge in [0.25, 0.3) is 5.91 Å². The Morgan fingerprint density at radius 1 is 1.11 bits per heavy atom. The molecule has 1 unspecified atom stereocenters. The van der Waals surface area contributed by atoms with Crippen molar-refractivity contribution in [2.24, 2.45) is 5.92 Å². The minimum absolute atomic E-state index is 0.139. The maximum atomic E-state index is 12.5. The highest BCUT2D eigenvalue weighted by Gasteiger charge is 2.17. The van der Waals surface area contributed by atoms with Crippen LogP contribution in [-0.4, -0.2) is 36.3 Å². The van der Waals surface area contributed by atoms with Gasteiger partial charge in [0.15, 0.2) is 0 Å². The van der Waals surface area contributed by atoms with Crippen molar-refractivity contribution < 1.29 is 14.0 Å². The summed E-state index contributed by atoms with van der Waals surface area (Å²) in [6, 6.07) is 10.9. The molecule has 0 spiro atoms. The molecule has 0 fully saturated rings. The van der Waals surface area contributed by atoms with Crippen LogP contribution in [0.5, 0.6) is 0 Å². The molecule has 6 heteroatoms. The molecule has 6 nitrogen and oxygen atoms in total. The van der Waals surface area contributed by atoms with Gasteiger partial charge in [0.1, 0.15) is 5.76 Å². The third kappa shape index (κ3) is 6.57. The molecular formula is C21H29N3O3. The summed E-state index contributed by atoms with van der Waals surface area (Å²) in [4.78, 5) is 26.9. The van der Waals surface area contributed by atoms with Crippen molar-refractivity contribution in [3.8, 4) is 0 Å². The largest absolute Gasteiger partial charge is 0.467 e. The van der Waals surface area contributed by atoms with Gasteiger partial charge in [-0.3, -0.25) is 14.5 Å². The van der Waals surface area contributed by atoms with Gasteiger partial charge in [0, 0.05) is 6.04 Å². The Labute approximate surface area is 160 Å². The van der Waals surface area contributed by atoms with Crippen LogP contribution in [0.25, 0.3) is 0 Å². The average molecular weight is 371 g/mol. The van der Waals surface area contributed by atoms with Crippen LogP contribution in [-0.2, 0) is 11.3 Å². The Kier molecular flexibility index (Phi) is 7.61. The van der Waals surface area contributed by atoms with Gasteiger partial charge in [-0.05, 0) is 50.6 Å². The maximum Gasteiger partial charge on any atom is 0.253 e. The van der Waals surface area contributed by atoms with E-state index in [1.807, 2.05) is 11.9 Å². The van der Waals surface area contributed by atoms with Gasteiger partial charge in [0.2, 0.25) is 5.91 Å². The average Bonchev–Trinajstić information content (AvgIpc) is 3.13. The Morgan fingerprint density at radius 3 is 2.52 bits per heavy atom. The predicted molar refractivity (Wildman–Crippen MR) is 106 cm³/mol. The van der Waals surface area contributed by atoms with Crippen molar-refractivity contribution in [2.75, 3.05) is 18.9 Å². The van der Waals surface area contributed by atoms with Crippen LogP contribution in [0.1, 0.15) is 43.3 Å². The number of amides is 2. The highest BCUT2D eigenvalue weighted by atomic mass is 16.3. The molecule has 1 aromatic carbocycles. The van der Waals surface area contributed by atoms with E-state index in [9.17, 15) is 9.59 Å². The van der Waals surface area contributed by atoms with E-state index in [-0.39, 0.29) is 18.4 Å². The minimum atomic E-state index is -0.260. The summed E-state index contributed by atoms with van der Waals surface area (Å²) < 4.78 is 5.22. The SMILES string of the molecule is CC(C)CC(C)N(C)CC(=O)Nc1ccccc1C(=O)NCc1ccco1. The summed E-state index contributed by atoms with van der Waals surface area (Å²) in [6.45, 7) is 7.02. The molecule has 0 aliphatic rings. The van der Waals surface area contributed by atoms with E-state index in [4.69, 9.17) is 4.42 Å². The van der Waals surface area contributed by atoms with Crippen LogP contribution in [0, 0.1) is 5.92 Å². The topological polar surface area (TPSA) is 74.6 Å². The van der Waals surface area contributed by atoms with Crippen molar-refractivity contribution in [2.45, 2.75) is 39.8 Å². The fraction of sp³-hybridized carbons (Fsp3) is 0.429. The number of benzene rings is 1. The lowest BCUT2D eigenvalue weighted by Crippen LogP contribution is -2.37. The highest BCUT2D eigenvalue weighted by molar-refractivity contribution is 6.04. The molecule has 0 aliphatic heterocycles. The smallest absolute Gasteiger partial charge is 0.253 e. The molecule has 2 amide bonds. The highest BCUT2D eigenvalue weighted by Crippen LogP contribution is 2.16.